The minimum atomic E-state index is -0.752. The normalized spacial score (nSPS) is 18.6. The molecule has 1 aromatic carbocycles. The molecule has 0 radical (unpaired) electrons. The molecular formula is C21H30O3. The smallest absolute Gasteiger partial charge is 0.309 e. The Balaban J connectivity index is 2.34. The third-order valence-electron chi connectivity index (χ3n) is 5.27. The van der Waals surface area contributed by atoms with Gasteiger partial charge in [0.25, 0.3) is 0 Å². The van der Waals surface area contributed by atoms with Gasteiger partial charge in [-0.05, 0) is 62.6 Å². The largest absolute Gasteiger partial charge is 0.497 e. The molecule has 0 aliphatic heterocycles. The topological polar surface area (TPSA) is 46.5 Å². The molecule has 132 valence electrons. The molecule has 0 fully saturated rings. The minimum absolute atomic E-state index is 0.151. The summed E-state index contributed by atoms with van der Waals surface area (Å²) in [7, 11) is 1.66. The Morgan fingerprint density at radius 1 is 1.29 bits per heavy atom. The van der Waals surface area contributed by atoms with Crippen LogP contribution in [0.4, 0.5) is 0 Å². The lowest BCUT2D eigenvalue weighted by Crippen LogP contribution is -2.27. The maximum absolute atomic E-state index is 11.6. The number of benzene rings is 1. The summed E-state index contributed by atoms with van der Waals surface area (Å²) in [6.07, 6.45) is 6.21. The van der Waals surface area contributed by atoms with E-state index >= 15 is 0 Å². The lowest BCUT2D eigenvalue weighted by atomic mass is 9.70. The van der Waals surface area contributed by atoms with E-state index in [2.05, 4.69) is 32.1 Å². The molecule has 0 bridgehead atoms. The van der Waals surface area contributed by atoms with E-state index in [1.807, 2.05) is 26.0 Å². The number of aliphatic carboxylic acids is 1. The van der Waals surface area contributed by atoms with Crippen molar-refractivity contribution in [3.63, 3.8) is 0 Å². The fourth-order valence-electron chi connectivity index (χ4n) is 3.31. The summed E-state index contributed by atoms with van der Waals surface area (Å²) < 4.78 is 5.25. The fraction of sp³-hybridized carbons (Fsp3) is 0.571. The number of hydrogen-bond donors (Lipinski definition) is 1. The van der Waals surface area contributed by atoms with E-state index in [1.54, 1.807) is 7.11 Å². The zero-order chi connectivity index (χ0) is 18.0. The summed E-state index contributed by atoms with van der Waals surface area (Å²) in [6, 6.07) is 8.07. The lowest BCUT2D eigenvalue weighted by Gasteiger charge is -2.34. The van der Waals surface area contributed by atoms with Crippen molar-refractivity contribution in [3.05, 3.63) is 41.5 Å². The van der Waals surface area contributed by atoms with Crippen LogP contribution in [0.25, 0.3) is 0 Å². The Kier molecular flexibility index (Phi) is 5.42. The van der Waals surface area contributed by atoms with Gasteiger partial charge >= 0.3 is 5.97 Å². The first-order chi connectivity index (χ1) is 11.1. The minimum Gasteiger partial charge on any atom is -0.497 e. The van der Waals surface area contributed by atoms with Crippen molar-refractivity contribution in [3.8, 4) is 5.75 Å². The molecule has 1 aromatic rings. The fourth-order valence-corrected chi connectivity index (χ4v) is 3.31. The molecule has 1 unspecified atom stereocenters. The monoisotopic (exact) mass is 330 g/mol. The third kappa shape index (κ3) is 4.40. The summed E-state index contributed by atoms with van der Waals surface area (Å²) in [5.74, 6) is 0.240. The van der Waals surface area contributed by atoms with Crippen LogP contribution >= 0.6 is 0 Å². The standard InChI is InChI=1S/C21H30O3/c1-20(2)12-10-16(11-13-20)18(14-21(3,4)19(22)23)15-6-8-17(24-5)9-7-15/h6-10,18H,11-14H2,1-5H3,(H,22,23). The number of carbonyl (C=O) groups is 1. The number of carboxylic acid groups (broad SMARTS) is 1. The first kappa shape index (κ1) is 18.6. The van der Waals surface area contributed by atoms with Gasteiger partial charge in [0, 0.05) is 5.92 Å². The van der Waals surface area contributed by atoms with Gasteiger partial charge < -0.3 is 9.84 Å². The van der Waals surface area contributed by atoms with Gasteiger partial charge in [-0.2, -0.15) is 0 Å². The molecule has 24 heavy (non-hydrogen) atoms. The van der Waals surface area contributed by atoms with E-state index in [9.17, 15) is 9.90 Å². The second kappa shape index (κ2) is 7.00. The van der Waals surface area contributed by atoms with Crippen LogP contribution in [0.1, 0.15) is 64.9 Å². The van der Waals surface area contributed by atoms with Crippen LogP contribution in [-0.2, 0) is 4.79 Å². The van der Waals surface area contributed by atoms with Crippen molar-refractivity contribution in [2.24, 2.45) is 10.8 Å². The SMILES string of the molecule is COc1ccc(C(CC(C)(C)C(=O)O)C2=CCC(C)(C)CC2)cc1. The van der Waals surface area contributed by atoms with E-state index in [-0.39, 0.29) is 5.92 Å². The van der Waals surface area contributed by atoms with Gasteiger partial charge in [0.15, 0.2) is 0 Å². The Hall–Kier alpha value is -1.77. The second-order valence-corrected chi connectivity index (χ2v) is 8.37. The van der Waals surface area contributed by atoms with E-state index in [0.29, 0.717) is 11.8 Å². The van der Waals surface area contributed by atoms with Gasteiger partial charge in [0.1, 0.15) is 5.75 Å². The van der Waals surface area contributed by atoms with Crippen molar-refractivity contribution >= 4 is 5.97 Å². The summed E-state index contributed by atoms with van der Waals surface area (Å²) in [4.78, 5) is 11.6. The second-order valence-electron chi connectivity index (χ2n) is 8.37. The molecule has 0 amide bonds. The number of rotatable bonds is 6. The molecule has 1 N–H and O–H groups in total. The molecule has 0 heterocycles. The van der Waals surface area contributed by atoms with Gasteiger partial charge in [0.2, 0.25) is 0 Å². The van der Waals surface area contributed by atoms with E-state index in [0.717, 1.165) is 25.0 Å². The zero-order valence-electron chi connectivity index (χ0n) is 15.6. The molecule has 0 saturated carbocycles. The molecule has 0 spiro atoms. The molecule has 0 aromatic heterocycles. The molecule has 3 heteroatoms. The average molecular weight is 330 g/mol. The van der Waals surface area contributed by atoms with Gasteiger partial charge in [-0.25, -0.2) is 0 Å². The van der Waals surface area contributed by atoms with Crippen LogP contribution in [-0.4, -0.2) is 18.2 Å². The van der Waals surface area contributed by atoms with Crippen LogP contribution < -0.4 is 4.74 Å². The lowest BCUT2D eigenvalue weighted by molar-refractivity contribution is -0.147. The van der Waals surface area contributed by atoms with E-state index < -0.39 is 11.4 Å². The Labute approximate surface area is 145 Å². The summed E-state index contributed by atoms with van der Waals surface area (Å²) >= 11 is 0. The van der Waals surface area contributed by atoms with E-state index in [4.69, 9.17) is 4.74 Å². The predicted octanol–water partition coefficient (Wildman–Crippen LogP) is 5.42. The van der Waals surface area contributed by atoms with Gasteiger partial charge in [-0.15, -0.1) is 0 Å². The number of carboxylic acids is 1. The van der Waals surface area contributed by atoms with Crippen molar-refractivity contribution < 1.29 is 14.6 Å². The third-order valence-corrected chi connectivity index (χ3v) is 5.27. The highest BCUT2D eigenvalue weighted by atomic mass is 16.5. The molecule has 3 nitrogen and oxygen atoms in total. The molecule has 1 aliphatic rings. The number of methoxy groups -OCH3 is 1. The Bertz CT molecular complexity index is 608. The predicted molar refractivity (Wildman–Crippen MR) is 97.5 cm³/mol. The Morgan fingerprint density at radius 3 is 2.38 bits per heavy atom. The van der Waals surface area contributed by atoms with Crippen LogP contribution in [0.15, 0.2) is 35.9 Å². The number of ether oxygens (including phenoxy) is 1. The molecule has 0 saturated heterocycles. The van der Waals surface area contributed by atoms with Crippen molar-refractivity contribution in [2.45, 2.75) is 59.3 Å². The molecule has 1 aliphatic carbocycles. The van der Waals surface area contributed by atoms with E-state index in [1.165, 1.54) is 11.1 Å². The molecular weight excluding hydrogens is 300 g/mol. The zero-order valence-corrected chi connectivity index (χ0v) is 15.6. The first-order valence-corrected chi connectivity index (χ1v) is 8.71. The van der Waals surface area contributed by atoms with Crippen LogP contribution in [0.5, 0.6) is 5.75 Å². The van der Waals surface area contributed by atoms with Gasteiger partial charge in [0.05, 0.1) is 12.5 Å². The molecule has 2 rings (SSSR count). The number of allylic oxidation sites excluding steroid dienone is 2. The van der Waals surface area contributed by atoms with Crippen LogP contribution in [0, 0.1) is 10.8 Å². The van der Waals surface area contributed by atoms with Gasteiger partial charge in [-0.1, -0.05) is 37.6 Å². The average Bonchev–Trinajstić information content (AvgIpc) is 2.53. The van der Waals surface area contributed by atoms with Crippen LogP contribution in [0.2, 0.25) is 0 Å². The molecule has 1 atom stereocenters. The maximum Gasteiger partial charge on any atom is 0.309 e. The maximum atomic E-state index is 11.6. The van der Waals surface area contributed by atoms with Crippen molar-refractivity contribution in [1.82, 2.24) is 0 Å². The highest BCUT2D eigenvalue weighted by molar-refractivity contribution is 5.73. The highest BCUT2D eigenvalue weighted by Gasteiger charge is 2.34. The summed E-state index contributed by atoms with van der Waals surface area (Å²) in [5, 5.41) is 9.56. The highest BCUT2D eigenvalue weighted by Crippen LogP contribution is 2.44. The first-order valence-electron chi connectivity index (χ1n) is 8.71. The van der Waals surface area contributed by atoms with Crippen LogP contribution in [0.3, 0.4) is 0 Å². The quantitative estimate of drug-likeness (QED) is 0.709. The Morgan fingerprint density at radius 2 is 1.92 bits per heavy atom. The van der Waals surface area contributed by atoms with Crippen molar-refractivity contribution in [1.29, 1.82) is 0 Å². The van der Waals surface area contributed by atoms with Crippen molar-refractivity contribution in [2.75, 3.05) is 7.11 Å². The summed E-state index contributed by atoms with van der Waals surface area (Å²) in [6.45, 7) is 8.23. The summed E-state index contributed by atoms with van der Waals surface area (Å²) in [5.41, 5.74) is 2.15. The number of hydrogen-bond acceptors (Lipinski definition) is 2. The van der Waals surface area contributed by atoms with Gasteiger partial charge in [-0.3, -0.25) is 4.79 Å².